The second-order valence-corrected chi connectivity index (χ2v) is 27.2. The van der Waals surface area contributed by atoms with E-state index in [1.54, 1.807) is 75.4 Å². The average molecular weight is 1690 g/mol. The maximum absolute atomic E-state index is 12.1. The van der Waals surface area contributed by atoms with Gasteiger partial charge in [-0.15, -0.1) is 0 Å². The molecule has 0 aliphatic heterocycles. The molecule has 0 aromatic heterocycles. The van der Waals surface area contributed by atoms with Gasteiger partial charge in [-0.1, -0.05) is 109 Å². The van der Waals surface area contributed by atoms with Gasteiger partial charge in [-0.2, -0.15) is 0 Å². The summed E-state index contributed by atoms with van der Waals surface area (Å²) in [6.07, 6.45) is 6.26. The highest BCUT2D eigenvalue weighted by Crippen LogP contribution is 2.22. The number of Topliss-reactive ketones (excluding diaryl/α,β-unsaturated/α-hetero) is 9. The van der Waals surface area contributed by atoms with Gasteiger partial charge in [-0.05, 0) is 171 Å². The zero-order valence-corrected chi connectivity index (χ0v) is 71.4. The van der Waals surface area contributed by atoms with Crippen LogP contribution in [0.4, 0.5) is 0 Å². The number of ether oxygens (including phenoxy) is 10. The maximum Gasteiger partial charge on any atom is 0.338 e. The molecule has 0 spiro atoms. The van der Waals surface area contributed by atoms with Crippen molar-refractivity contribution in [1.82, 2.24) is 0 Å². The lowest BCUT2D eigenvalue weighted by Crippen LogP contribution is -2.24. The number of unbranched alkanes of at least 4 members (excludes halogenated alkanes) is 2. The Bertz CT molecular complexity index is 4080. The number of allylic oxidation sites excluding steroid dienone is 4. The van der Waals surface area contributed by atoms with Crippen LogP contribution >= 0.6 is 0 Å². The summed E-state index contributed by atoms with van der Waals surface area (Å²) in [5.74, 6) is -8.33. The van der Waals surface area contributed by atoms with Crippen LogP contribution in [0.2, 0.25) is 0 Å². The number of hydrogen-bond acceptors (Lipinski definition) is 31. The lowest BCUT2D eigenvalue weighted by atomic mass is 9.92. The zero-order valence-electron chi connectivity index (χ0n) is 71.4. The van der Waals surface area contributed by atoms with E-state index in [1.165, 1.54) is 85.7 Å². The van der Waals surface area contributed by atoms with Crippen LogP contribution in [-0.2, 0) is 147 Å². The van der Waals surface area contributed by atoms with Crippen LogP contribution in [0.1, 0.15) is 221 Å². The van der Waals surface area contributed by atoms with Crippen molar-refractivity contribution in [3.05, 3.63) is 181 Å². The Labute approximate surface area is 705 Å². The molecule has 0 N–H and O–H groups in total. The van der Waals surface area contributed by atoms with Gasteiger partial charge in [-0.25, -0.2) is 24.0 Å². The molecular weight excluding hydrogens is 1580 g/mol. The minimum atomic E-state index is -0.999. The van der Waals surface area contributed by atoms with Gasteiger partial charge >= 0.3 is 59.7 Å². The lowest BCUT2D eigenvalue weighted by Gasteiger charge is -2.16. The molecule has 3 unspecified atom stereocenters. The molecule has 0 heterocycles. The van der Waals surface area contributed by atoms with E-state index in [1.807, 2.05) is 13.8 Å². The molecule has 0 amide bonds. The van der Waals surface area contributed by atoms with Crippen LogP contribution in [0.5, 0.6) is 0 Å². The predicted molar refractivity (Wildman–Crippen MR) is 440 cm³/mol. The van der Waals surface area contributed by atoms with E-state index in [0.29, 0.717) is 72.8 Å². The second-order valence-electron chi connectivity index (χ2n) is 27.2. The van der Waals surface area contributed by atoms with Gasteiger partial charge in [0.1, 0.15) is 52.9 Å². The third kappa shape index (κ3) is 59.5. The molecule has 3 atom stereocenters. The largest absolute Gasteiger partial charge is 0.462 e. The number of hydrogen-bond donors (Lipinski definition) is 0. The Morgan fingerprint density at radius 3 is 1.35 bits per heavy atom. The SMILES string of the molecule is C=C(C)C(=O)CCCCCC(=O)OCC(=O)CC.C=C(C)C(=O)Cc1cc(C(=O)OCC(C)=O)cc(C(=O)OCC(C)=O)c1.C=C(C)C(=O)OCCOC(=O)CCC(=O)OC(C(C)=O)c1ccccc1.C=CC(=O)CC(CC(C)C)C(=O)OCC(C)=O.C=CC(=O)CCc1ccc(C(=O)OCC(C)=O)cc1.C=CC(=O)OCCC(=O)OC(C)C(C)=O. The van der Waals surface area contributed by atoms with Crippen molar-refractivity contribution in [3.63, 3.8) is 0 Å². The first-order valence-electron chi connectivity index (χ1n) is 38.2. The normalized spacial score (nSPS) is 10.6. The number of esters is 10. The predicted octanol–water partition coefficient (Wildman–Crippen LogP) is 11.4. The second kappa shape index (κ2) is 65.1. The molecule has 3 aromatic carbocycles. The minimum Gasteiger partial charge on any atom is -0.462 e. The molecule has 0 aliphatic carbocycles. The summed E-state index contributed by atoms with van der Waals surface area (Å²) in [5, 5.41) is 0. The third-order valence-electron chi connectivity index (χ3n) is 15.1. The van der Waals surface area contributed by atoms with Crippen molar-refractivity contribution < 1.29 is 148 Å². The summed E-state index contributed by atoms with van der Waals surface area (Å²) in [7, 11) is 0. The van der Waals surface area contributed by atoms with E-state index in [0.717, 1.165) is 24.5 Å². The Balaban J connectivity index is -0.00000140. The van der Waals surface area contributed by atoms with Crippen molar-refractivity contribution in [1.29, 1.82) is 0 Å². The molecule has 121 heavy (non-hydrogen) atoms. The van der Waals surface area contributed by atoms with E-state index in [2.05, 4.69) is 44.2 Å². The molecule has 31 nitrogen and oxygen atoms in total. The quantitative estimate of drug-likeness (QED) is 0.0219. The molecule has 0 bridgehead atoms. The van der Waals surface area contributed by atoms with Gasteiger partial charge in [0.2, 0.25) is 0 Å². The molecule has 0 aliphatic rings. The van der Waals surface area contributed by atoms with Crippen molar-refractivity contribution in [2.75, 3.05) is 52.9 Å². The Hall–Kier alpha value is -12.8. The van der Waals surface area contributed by atoms with E-state index in [-0.39, 0.29) is 164 Å². The van der Waals surface area contributed by atoms with E-state index in [9.17, 15) is 101 Å². The molecule has 0 saturated heterocycles. The molecule has 31 heteroatoms. The topological polar surface area (TPSA) is 451 Å². The number of carbonyl (C=O) groups excluding carboxylic acids is 21. The summed E-state index contributed by atoms with van der Waals surface area (Å²) >= 11 is 0. The van der Waals surface area contributed by atoms with Crippen LogP contribution in [0.15, 0.2) is 147 Å². The van der Waals surface area contributed by atoms with E-state index < -0.39 is 85.1 Å². The number of ketones is 11. The average Bonchev–Trinajstić information content (AvgIpc) is 0.826. The fourth-order valence-corrected chi connectivity index (χ4v) is 8.55. The molecule has 3 rings (SSSR count). The highest BCUT2D eigenvalue weighted by Gasteiger charge is 2.26. The smallest absolute Gasteiger partial charge is 0.338 e. The molecular formula is C90H114O31. The van der Waals surface area contributed by atoms with Crippen LogP contribution in [0, 0.1) is 11.8 Å². The summed E-state index contributed by atoms with van der Waals surface area (Å²) in [5.41, 5.74) is 3.43. The van der Waals surface area contributed by atoms with Crippen molar-refractivity contribution in [2.24, 2.45) is 11.8 Å². The first-order chi connectivity index (χ1) is 56.7. The first-order valence-corrected chi connectivity index (χ1v) is 38.2. The van der Waals surface area contributed by atoms with Gasteiger partial charge in [0, 0.05) is 50.2 Å². The highest BCUT2D eigenvalue weighted by atomic mass is 16.6. The number of rotatable bonds is 50. The van der Waals surface area contributed by atoms with Crippen LogP contribution < -0.4 is 0 Å². The standard InChI is InChI=1S/C19H20O7.C19H22O7.C15H16O4.C14H22O4.C13H20O4.C10H14O5/c1-11(2)17(22)7-14-5-15(18(23)25-9-12(3)20)8-16(6-14)19(24)26-10-13(4)21;1-13(2)19(23)25-12-11-24-16(21)9-10-17(22)26-18(14(3)20)15-7-5-4-6-8-15;1-3-14(17)9-6-12-4-7-13(8-5-12)15(18)19-10-11(2)16;1-4-12(15)10-18-14(17)9-7-5-6-8-13(16)11(2)3;1-5-12(15)7-11(6-9(2)3)13(16)17-8-10(4)14;1-4-9(12)14-6-5-10(13)15-8(3)7(2)11/h5-6,8H,1,7,9-10H2,2-4H3;4-8,18H,1,9-12H2,2-3H3;3-5,7-8H,1,6,9-10H2,2H3;2,4-10H2,1,3H3;5,9,11H,1,6-8H2,2-4H3;4,8H,1,5-6H2,2-3H3. The monoisotopic (exact) mass is 1690 g/mol. The fourth-order valence-electron chi connectivity index (χ4n) is 8.55. The van der Waals surface area contributed by atoms with E-state index in [4.69, 9.17) is 42.6 Å². The fraction of sp³-hybridized carbons (Fsp3) is 0.433. The van der Waals surface area contributed by atoms with Crippen molar-refractivity contribution in [3.8, 4) is 0 Å². The summed E-state index contributed by atoms with van der Waals surface area (Å²) < 4.78 is 48.1. The van der Waals surface area contributed by atoms with Gasteiger partial charge in [0.15, 0.2) is 75.8 Å². The number of aryl methyl sites for hydroxylation is 1. The lowest BCUT2D eigenvalue weighted by molar-refractivity contribution is -0.158. The van der Waals surface area contributed by atoms with Gasteiger partial charge in [0.25, 0.3) is 0 Å². The first kappa shape index (κ1) is 112. The molecule has 0 fully saturated rings. The maximum atomic E-state index is 12.1. The van der Waals surface area contributed by atoms with E-state index >= 15 is 0 Å². The minimum absolute atomic E-state index is 0.00644. The highest BCUT2D eigenvalue weighted by molar-refractivity contribution is 6.00. The summed E-state index contributed by atoms with van der Waals surface area (Å²) in [6.45, 7) is 38.6. The number of benzene rings is 3. The Kier molecular flexibility index (Phi) is 60.5. The van der Waals surface area contributed by atoms with Crippen LogP contribution in [-0.4, -0.2) is 182 Å². The Morgan fingerprint density at radius 2 is 0.884 bits per heavy atom. The summed E-state index contributed by atoms with van der Waals surface area (Å²) in [4.78, 5) is 237. The zero-order chi connectivity index (χ0) is 92.9. The number of carbonyl (C=O) groups is 21. The van der Waals surface area contributed by atoms with Gasteiger partial charge < -0.3 is 47.4 Å². The van der Waals surface area contributed by atoms with Crippen LogP contribution in [0.3, 0.4) is 0 Å². The van der Waals surface area contributed by atoms with Gasteiger partial charge in [-0.3, -0.25) is 76.7 Å². The van der Waals surface area contributed by atoms with Crippen molar-refractivity contribution in [2.45, 2.75) is 192 Å². The molecule has 0 radical (unpaired) electrons. The van der Waals surface area contributed by atoms with Crippen molar-refractivity contribution >= 4 is 123 Å². The van der Waals surface area contributed by atoms with Gasteiger partial charge in [0.05, 0.1) is 41.9 Å². The Morgan fingerprint density at radius 1 is 0.405 bits per heavy atom. The third-order valence-corrected chi connectivity index (χ3v) is 15.1. The summed E-state index contributed by atoms with van der Waals surface area (Å²) in [6, 6.07) is 19.4. The molecule has 0 saturated carbocycles. The van der Waals surface area contributed by atoms with Crippen LogP contribution in [0.25, 0.3) is 0 Å². The molecule has 3 aromatic rings. The molecule has 660 valence electrons.